The van der Waals surface area contributed by atoms with Crippen molar-refractivity contribution in [3.63, 3.8) is 0 Å². The molecular weight excluding hydrogens is 312 g/mol. The van der Waals surface area contributed by atoms with E-state index < -0.39 is 10.0 Å². The van der Waals surface area contributed by atoms with Crippen LogP contribution in [-0.2, 0) is 14.8 Å². The molecule has 0 atom stereocenters. The average Bonchev–Trinajstić information content (AvgIpc) is 2.54. The molecule has 0 N–H and O–H groups in total. The summed E-state index contributed by atoms with van der Waals surface area (Å²) in [5.41, 5.74) is 3.78. The lowest BCUT2D eigenvalue weighted by molar-refractivity contribution is 0.194. The van der Waals surface area contributed by atoms with Crippen molar-refractivity contribution in [1.29, 1.82) is 0 Å². The zero-order chi connectivity index (χ0) is 16.9. The summed E-state index contributed by atoms with van der Waals surface area (Å²) in [7, 11) is -1.50. The predicted molar refractivity (Wildman–Crippen MR) is 94.6 cm³/mol. The van der Waals surface area contributed by atoms with E-state index >= 15 is 0 Å². The maximum Gasteiger partial charge on any atom is 0.214 e. The lowest BCUT2D eigenvalue weighted by Gasteiger charge is -2.36. The second kappa shape index (κ2) is 8.13. The average molecular weight is 340 g/mol. The number of hydrogen-bond acceptors (Lipinski definition) is 4. The Kier molecular flexibility index (Phi) is 6.44. The zero-order valence-electron chi connectivity index (χ0n) is 14.4. The van der Waals surface area contributed by atoms with E-state index in [9.17, 15) is 8.42 Å². The molecule has 5 nitrogen and oxygen atoms in total. The summed E-state index contributed by atoms with van der Waals surface area (Å²) in [6.45, 7) is 7.50. The van der Waals surface area contributed by atoms with Crippen molar-refractivity contribution in [3.8, 4) is 0 Å². The minimum atomic E-state index is -3.14. The molecule has 130 valence electrons. The lowest BCUT2D eigenvalue weighted by Crippen LogP contribution is -2.49. The minimum Gasteiger partial charge on any atom is -0.385 e. The maximum absolute atomic E-state index is 12.4. The first kappa shape index (κ1) is 18.2. The van der Waals surface area contributed by atoms with Gasteiger partial charge in [-0.25, -0.2) is 8.42 Å². The third kappa shape index (κ3) is 4.68. The number of ether oxygens (including phenoxy) is 1. The van der Waals surface area contributed by atoms with Crippen LogP contribution in [0.5, 0.6) is 0 Å². The standard InChI is InChI=1S/C17H28N2O3S/c1-15-7-6-8-17(16(15)2)18-9-11-19(12-10-18)23(20,21)14-5-4-13-22-3/h6-8H,4-5,9-14H2,1-3H3. The maximum atomic E-state index is 12.4. The molecule has 0 saturated carbocycles. The Morgan fingerprint density at radius 1 is 1.09 bits per heavy atom. The van der Waals surface area contributed by atoms with Crippen LogP contribution in [0, 0.1) is 13.8 Å². The molecule has 1 aliphatic rings. The topological polar surface area (TPSA) is 49.9 Å². The molecule has 1 fully saturated rings. The van der Waals surface area contributed by atoms with Crippen LogP contribution in [0.2, 0.25) is 0 Å². The van der Waals surface area contributed by atoms with E-state index in [2.05, 4.69) is 36.9 Å². The van der Waals surface area contributed by atoms with Gasteiger partial charge in [0.05, 0.1) is 5.75 Å². The number of hydrogen-bond donors (Lipinski definition) is 0. The van der Waals surface area contributed by atoms with E-state index in [0.717, 1.165) is 19.5 Å². The van der Waals surface area contributed by atoms with Crippen LogP contribution in [0.15, 0.2) is 18.2 Å². The molecule has 0 aromatic heterocycles. The van der Waals surface area contributed by atoms with Crippen molar-refractivity contribution >= 4 is 15.7 Å². The molecule has 0 amide bonds. The second-order valence-electron chi connectivity index (χ2n) is 6.12. The molecule has 0 aliphatic carbocycles. The smallest absolute Gasteiger partial charge is 0.214 e. The SMILES string of the molecule is COCCCCS(=O)(=O)N1CCN(c2cccc(C)c2C)CC1. The van der Waals surface area contributed by atoms with Crippen LogP contribution in [0.1, 0.15) is 24.0 Å². The van der Waals surface area contributed by atoms with Gasteiger partial charge in [-0.3, -0.25) is 0 Å². The zero-order valence-corrected chi connectivity index (χ0v) is 15.2. The molecule has 1 heterocycles. The Labute approximate surface area is 140 Å². The summed E-state index contributed by atoms with van der Waals surface area (Å²) in [6.07, 6.45) is 1.45. The van der Waals surface area contributed by atoms with Gasteiger partial charge in [-0.05, 0) is 43.9 Å². The highest BCUT2D eigenvalue weighted by molar-refractivity contribution is 7.89. The summed E-state index contributed by atoms with van der Waals surface area (Å²) in [5, 5.41) is 0. The van der Waals surface area contributed by atoms with Crippen LogP contribution < -0.4 is 4.90 Å². The number of unbranched alkanes of at least 4 members (excludes halogenated alkanes) is 1. The number of anilines is 1. The van der Waals surface area contributed by atoms with Crippen LogP contribution >= 0.6 is 0 Å². The summed E-state index contributed by atoms with van der Waals surface area (Å²) in [6, 6.07) is 6.30. The second-order valence-corrected chi connectivity index (χ2v) is 8.21. The van der Waals surface area contributed by atoms with Gasteiger partial charge < -0.3 is 9.64 Å². The molecule has 1 aromatic rings. The molecule has 0 radical (unpaired) electrons. The summed E-state index contributed by atoms with van der Waals surface area (Å²) in [5.74, 6) is 0.222. The van der Waals surface area contributed by atoms with Gasteiger partial charge in [0.15, 0.2) is 0 Å². The van der Waals surface area contributed by atoms with Gasteiger partial charge in [0.25, 0.3) is 0 Å². The number of methoxy groups -OCH3 is 1. The monoisotopic (exact) mass is 340 g/mol. The molecule has 1 aromatic carbocycles. The molecule has 0 bridgehead atoms. The van der Waals surface area contributed by atoms with Gasteiger partial charge in [0.2, 0.25) is 10.0 Å². The largest absolute Gasteiger partial charge is 0.385 e. The molecule has 23 heavy (non-hydrogen) atoms. The van der Waals surface area contributed by atoms with Crippen LogP contribution in [-0.4, -0.2) is 58.4 Å². The van der Waals surface area contributed by atoms with Crippen LogP contribution in [0.25, 0.3) is 0 Å². The van der Waals surface area contributed by atoms with E-state index in [0.29, 0.717) is 26.1 Å². The first-order chi connectivity index (χ1) is 11.0. The Balaban J connectivity index is 1.91. The first-order valence-electron chi connectivity index (χ1n) is 8.23. The molecule has 6 heteroatoms. The highest BCUT2D eigenvalue weighted by Crippen LogP contribution is 2.24. The van der Waals surface area contributed by atoms with Gasteiger partial charge in [-0.15, -0.1) is 0 Å². The fourth-order valence-corrected chi connectivity index (χ4v) is 4.49. The van der Waals surface area contributed by atoms with Crippen molar-refractivity contribution in [1.82, 2.24) is 4.31 Å². The lowest BCUT2D eigenvalue weighted by atomic mass is 10.1. The Morgan fingerprint density at radius 3 is 2.43 bits per heavy atom. The molecule has 0 unspecified atom stereocenters. The van der Waals surface area contributed by atoms with Crippen molar-refractivity contribution in [3.05, 3.63) is 29.3 Å². The van der Waals surface area contributed by atoms with E-state index in [1.54, 1.807) is 11.4 Å². The normalized spacial score (nSPS) is 16.7. The van der Waals surface area contributed by atoms with Gasteiger partial charge >= 0.3 is 0 Å². The Hall–Kier alpha value is -1.11. The van der Waals surface area contributed by atoms with Crippen molar-refractivity contribution in [2.75, 3.05) is 50.5 Å². The molecule has 0 spiro atoms. The van der Waals surface area contributed by atoms with E-state index in [-0.39, 0.29) is 5.75 Å². The Morgan fingerprint density at radius 2 is 1.78 bits per heavy atom. The summed E-state index contributed by atoms with van der Waals surface area (Å²) >= 11 is 0. The number of nitrogens with zero attached hydrogens (tertiary/aromatic N) is 2. The predicted octanol–water partition coefficient (Wildman–Crippen LogP) is 2.18. The molecule has 1 saturated heterocycles. The van der Waals surface area contributed by atoms with E-state index in [4.69, 9.17) is 4.74 Å². The quantitative estimate of drug-likeness (QED) is 0.714. The van der Waals surface area contributed by atoms with Gasteiger partial charge in [0, 0.05) is 45.6 Å². The number of sulfonamides is 1. The number of piperazine rings is 1. The third-order valence-corrected chi connectivity index (χ3v) is 6.51. The fraction of sp³-hybridized carbons (Fsp3) is 0.647. The fourth-order valence-electron chi connectivity index (χ4n) is 2.95. The number of rotatable bonds is 7. The van der Waals surface area contributed by atoms with Crippen LogP contribution in [0.3, 0.4) is 0 Å². The molecule has 1 aliphatic heterocycles. The van der Waals surface area contributed by atoms with Crippen molar-refractivity contribution in [2.45, 2.75) is 26.7 Å². The first-order valence-corrected chi connectivity index (χ1v) is 9.84. The van der Waals surface area contributed by atoms with Crippen LogP contribution in [0.4, 0.5) is 5.69 Å². The van der Waals surface area contributed by atoms with E-state index in [1.807, 2.05) is 0 Å². The van der Waals surface area contributed by atoms with Crippen molar-refractivity contribution in [2.24, 2.45) is 0 Å². The number of aryl methyl sites for hydroxylation is 1. The minimum absolute atomic E-state index is 0.222. The molecular formula is C17H28N2O3S. The van der Waals surface area contributed by atoms with Gasteiger partial charge in [0.1, 0.15) is 0 Å². The Bertz CT molecular complexity index is 608. The van der Waals surface area contributed by atoms with Gasteiger partial charge in [-0.1, -0.05) is 12.1 Å². The number of benzene rings is 1. The van der Waals surface area contributed by atoms with Crippen molar-refractivity contribution < 1.29 is 13.2 Å². The van der Waals surface area contributed by atoms with Gasteiger partial charge in [-0.2, -0.15) is 4.31 Å². The molecule has 2 rings (SSSR count). The highest BCUT2D eigenvalue weighted by atomic mass is 32.2. The third-order valence-electron chi connectivity index (χ3n) is 4.55. The highest BCUT2D eigenvalue weighted by Gasteiger charge is 2.27. The summed E-state index contributed by atoms with van der Waals surface area (Å²) < 4.78 is 31.4. The summed E-state index contributed by atoms with van der Waals surface area (Å²) in [4.78, 5) is 2.29. The van der Waals surface area contributed by atoms with E-state index in [1.165, 1.54) is 16.8 Å².